The van der Waals surface area contributed by atoms with Crippen LogP contribution in [0.15, 0.2) is 17.1 Å². The molecule has 0 heterocycles. The van der Waals surface area contributed by atoms with Gasteiger partial charge in [0.25, 0.3) is 0 Å². The molecular formula is C6H9NO3. The molecule has 1 N–H and O–H groups in total. The monoisotopic (exact) mass is 143 g/mol. The lowest BCUT2D eigenvalue weighted by Crippen LogP contribution is -1.92. The molecule has 10 heavy (non-hydrogen) atoms. The number of carbonyl (C=O) groups is 1. The molecule has 0 aromatic heterocycles. The summed E-state index contributed by atoms with van der Waals surface area (Å²) in [5.41, 5.74) is 0.176. The largest absolute Gasteiger partial charge is 0.478 e. The van der Waals surface area contributed by atoms with E-state index in [1.54, 1.807) is 0 Å². The smallest absolute Gasteiger partial charge is 0.330 e. The van der Waals surface area contributed by atoms with Crippen molar-refractivity contribution in [1.82, 2.24) is 0 Å². The second kappa shape index (κ2) is 7.59. The molecule has 0 saturated heterocycles. The Morgan fingerprint density at radius 2 is 1.90 bits per heavy atom. The fraction of sp³-hybridized carbons (Fsp3) is 0.333. The molecular weight excluding hydrogens is 134 g/mol. The highest BCUT2D eigenvalue weighted by Crippen LogP contribution is 1.81. The van der Waals surface area contributed by atoms with Crippen molar-refractivity contribution in [3.8, 4) is 0 Å². The van der Waals surface area contributed by atoms with Crippen LogP contribution >= 0.6 is 0 Å². The number of aliphatic imine (C=N–C) groups is 1. The topological polar surface area (TPSA) is 66.7 Å². The molecule has 0 radical (unpaired) electrons. The minimum atomic E-state index is -0.935. The molecule has 0 aromatic carbocycles. The van der Waals surface area contributed by atoms with Crippen molar-refractivity contribution in [3.05, 3.63) is 12.2 Å². The number of carboxylic acids is 1. The van der Waals surface area contributed by atoms with Gasteiger partial charge in [-0.3, -0.25) is 0 Å². The third kappa shape index (κ3) is 16.0. The summed E-state index contributed by atoms with van der Waals surface area (Å²) < 4.78 is 0. The number of hydrogen-bond acceptors (Lipinski definition) is 3. The lowest BCUT2D eigenvalue weighted by molar-refractivity contribution is -0.132. The van der Waals surface area contributed by atoms with Gasteiger partial charge >= 0.3 is 5.97 Å². The number of rotatable bonds is 1. The average molecular weight is 143 g/mol. The Morgan fingerprint density at radius 3 is 1.90 bits per heavy atom. The van der Waals surface area contributed by atoms with Gasteiger partial charge in [-0.1, -0.05) is 6.58 Å². The maximum absolute atomic E-state index is 9.60. The first-order valence-corrected chi connectivity index (χ1v) is 2.41. The van der Waals surface area contributed by atoms with E-state index in [-0.39, 0.29) is 5.57 Å². The van der Waals surface area contributed by atoms with Crippen LogP contribution in [-0.4, -0.2) is 24.2 Å². The molecule has 0 aliphatic rings. The summed E-state index contributed by atoms with van der Waals surface area (Å²) in [6, 6.07) is 0. The lowest BCUT2D eigenvalue weighted by atomic mass is 10.4. The lowest BCUT2D eigenvalue weighted by Gasteiger charge is -1.79. The first-order chi connectivity index (χ1) is 4.56. The van der Waals surface area contributed by atoms with Gasteiger partial charge in [-0.2, -0.15) is 0 Å². The normalized spacial score (nSPS) is 6.20. The molecule has 0 bridgehead atoms. The fourth-order valence-electron chi connectivity index (χ4n) is 0. The third-order valence-electron chi connectivity index (χ3n) is 0.456. The zero-order chi connectivity index (χ0) is 8.57. The summed E-state index contributed by atoms with van der Waals surface area (Å²) in [6.45, 7) is 4.60. The van der Waals surface area contributed by atoms with Gasteiger partial charge < -0.3 is 5.11 Å². The van der Waals surface area contributed by atoms with Crippen LogP contribution in [0.4, 0.5) is 0 Å². The second-order valence-electron chi connectivity index (χ2n) is 1.40. The van der Waals surface area contributed by atoms with Crippen LogP contribution < -0.4 is 0 Å². The Hall–Kier alpha value is -1.41. The molecule has 0 atom stereocenters. The highest BCUT2D eigenvalue weighted by molar-refractivity contribution is 5.84. The van der Waals surface area contributed by atoms with Gasteiger partial charge in [0.2, 0.25) is 6.08 Å². The van der Waals surface area contributed by atoms with Crippen molar-refractivity contribution in [2.75, 3.05) is 7.05 Å². The Bertz CT molecular complexity index is 156. The number of carbonyl (C=O) groups excluding carboxylic acids is 1. The Morgan fingerprint density at radius 1 is 1.70 bits per heavy atom. The first kappa shape index (κ1) is 11.4. The molecule has 0 saturated carbocycles. The maximum atomic E-state index is 9.60. The van der Waals surface area contributed by atoms with E-state index in [2.05, 4.69) is 11.6 Å². The predicted molar refractivity (Wildman–Crippen MR) is 36.5 cm³/mol. The van der Waals surface area contributed by atoms with E-state index in [1.165, 1.54) is 20.1 Å². The van der Waals surface area contributed by atoms with Crippen molar-refractivity contribution in [2.45, 2.75) is 6.92 Å². The summed E-state index contributed by atoms with van der Waals surface area (Å²) in [5, 5.41) is 7.89. The van der Waals surface area contributed by atoms with Crippen LogP contribution in [0.2, 0.25) is 0 Å². The second-order valence-corrected chi connectivity index (χ2v) is 1.40. The molecule has 0 fully saturated rings. The minimum absolute atomic E-state index is 0.176. The molecule has 4 heteroatoms. The fourth-order valence-corrected chi connectivity index (χ4v) is 0. The van der Waals surface area contributed by atoms with E-state index in [4.69, 9.17) is 9.90 Å². The van der Waals surface area contributed by atoms with Crippen molar-refractivity contribution in [1.29, 1.82) is 0 Å². The number of hydrogen-bond donors (Lipinski definition) is 1. The molecule has 4 nitrogen and oxygen atoms in total. The molecule has 0 aromatic rings. The summed E-state index contributed by atoms with van der Waals surface area (Å²) >= 11 is 0. The molecule has 0 aliphatic carbocycles. The van der Waals surface area contributed by atoms with E-state index in [1.807, 2.05) is 0 Å². The number of carboxylic acid groups (broad SMARTS) is 1. The van der Waals surface area contributed by atoms with E-state index < -0.39 is 5.97 Å². The molecule has 0 spiro atoms. The highest BCUT2D eigenvalue weighted by atomic mass is 16.4. The van der Waals surface area contributed by atoms with Crippen molar-refractivity contribution < 1.29 is 14.7 Å². The molecule has 0 unspecified atom stereocenters. The Balaban J connectivity index is 0. The molecule has 0 amide bonds. The van der Waals surface area contributed by atoms with Crippen LogP contribution in [0.1, 0.15) is 6.92 Å². The van der Waals surface area contributed by atoms with Crippen molar-refractivity contribution in [3.63, 3.8) is 0 Å². The minimum Gasteiger partial charge on any atom is -0.478 e. The summed E-state index contributed by atoms with van der Waals surface area (Å²) in [4.78, 5) is 21.4. The van der Waals surface area contributed by atoms with Crippen molar-refractivity contribution in [2.24, 2.45) is 4.99 Å². The van der Waals surface area contributed by atoms with Gasteiger partial charge in [-0.15, -0.1) is 0 Å². The summed E-state index contributed by atoms with van der Waals surface area (Å²) in [7, 11) is 1.38. The van der Waals surface area contributed by atoms with Gasteiger partial charge in [0.05, 0.1) is 0 Å². The quantitative estimate of drug-likeness (QED) is 0.332. The van der Waals surface area contributed by atoms with Gasteiger partial charge in [-0.05, 0) is 6.92 Å². The van der Waals surface area contributed by atoms with E-state index in [0.717, 1.165) is 0 Å². The van der Waals surface area contributed by atoms with Crippen LogP contribution in [0, 0.1) is 0 Å². The van der Waals surface area contributed by atoms with Crippen LogP contribution in [0.3, 0.4) is 0 Å². The van der Waals surface area contributed by atoms with Gasteiger partial charge in [0, 0.05) is 12.6 Å². The van der Waals surface area contributed by atoms with Crippen LogP contribution in [-0.2, 0) is 9.59 Å². The van der Waals surface area contributed by atoms with Gasteiger partial charge in [0.1, 0.15) is 0 Å². The summed E-state index contributed by atoms with van der Waals surface area (Å²) in [6.07, 6.45) is 1.31. The van der Waals surface area contributed by atoms with Gasteiger partial charge in [-0.25, -0.2) is 14.6 Å². The zero-order valence-electron chi connectivity index (χ0n) is 5.92. The third-order valence-corrected chi connectivity index (χ3v) is 0.456. The van der Waals surface area contributed by atoms with E-state index in [9.17, 15) is 4.79 Å². The Kier molecular flexibility index (Phi) is 8.65. The Labute approximate surface area is 58.9 Å². The standard InChI is InChI=1S/C4H6O2.C2H3NO/c1-3(2)4(5)6;1-3-2-4/h1H2,2H3,(H,5,6);1H3. The zero-order valence-corrected chi connectivity index (χ0v) is 5.92. The molecule has 0 aliphatic heterocycles. The number of nitrogens with zero attached hydrogens (tertiary/aromatic N) is 1. The highest BCUT2D eigenvalue weighted by Gasteiger charge is 1.90. The van der Waals surface area contributed by atoms with E-state index >= 15 is 0 Å². The van der Waals surface area contributed by atoms with Crippen LogP contribution in [0.5, 0.6) is 0 Å². The van der Waals surface area contributed by atoms with Crippen molar-refractivity contribution >= 4 is 12.0 Å². The number of isocyanates is 1. The van der Waals surface area contributed by atoms with Crippen LogP contribution in [0.25, 0.3) is 0 Å². The van der Waals surface area contributed by atoms with Gasteiger partial charge in [0.15, 0.2) is 0 Å². The maximum Gasteiger partial charge on any atom is 0.330 e. The average Bonchev–Trinajstić information content (AvgIpc) is 1.89. The molecule has 56 valence electrons. The summed E-state index contributed by atoms with van der Waals surface area (Å²) in [5.74, 6) is -0.935. The van der Waals surface area contributed by atoms with E-state index in [0.29, 0.717) is 0 Å². The number of aliphatic carboxylic acids is 1. The SMILES string of the molecule is C=C(C)C(=O)O.CN=C=O. The predicted octanol–water partition coefficient (Wildman–Crippen LogP) is 0.599. The first-order valence-electron chi connectivity index (χ1n) is 2.41. The molecule has 0 rings (SSSR count).